The third-order valence-electron chi connectivity index (χ3n) is 7.20. The van der Waals surface area contributed by atoms with Crippen molar-refractivity contribution in [1.29, 1.82) is 0 Å². The van der Waals surface area contributed by atoms with Crippen molar-refractivity contribution in [2.24, 2.45) is 0 Å². The van der Waals surface area contributed by atoms with Crippen LogP contribution < -0.4 is 0 Å². The Hall–Kier alpha value is -0.0800. The molecule has 2 nitrogen and oxygen atoms in total. The number of quaternary nitrogens is 2. The highest BCUT2D eigenvalue weighted by molar-refractivity contribution is 4.52. The van der Waals surface area contributed by atoms with Gasteiger partial charge in [0.1, 0.15) is 0 Å². The number of nitrogens with zero attached hydrogens (tertiary/aromatic N) is 2. The molecule has 182 valence electrons. The third kappa shape index (κ3) is 13.4. The minimum Gasteiger partial charge on any atom is -0.324 e. The Balaban J connectivity index is 3.97. The van der Waals surface area contributed by atoms with Crippen LogP contribution in [0.1, 0.15) is 131 Å². The van der Waals surface area contributed by atoms with Crippen molar-refractivity contribution in [2.45, 2.75) is 131 Å². The van der Waals surface area contributed by atoms with Gasteiger partial charge < -0.3 is 8.97 Å². The summed E-state index contributed by atoms with van der Waals surface area (Å²) in [6, 6.07) is 0. The average Bonchev–Trinajstić information content (AvgIpc) is 2.70. The summed E-state index contributed by atoms with van der Waals surface area (Å²) in [5.41, 5.74) is 0. The van der Waals surface area contributed by atoms with E-state index in [1.807, 2.05) is 0 Å². The molecule has 0 saturated carbocycles. The molecule has 2 heteroatoms. The zero-order valence-corrected chi connectivity index (χ0v) is 22.5. The molecular formula is C28H62N2+2. The van der Waals surface area contributed by atoms with Crippen LogP contribution in [0.3, 0.4) is 0 Å². The van der Waals surface area contributed by atoms with Gasteiger partial charge in [-0.05, 0) is 64.2 Å². The highest BCUT2D eigenvalue weighted by atomic mass is 15.3. The third-order valence-corrected chi connectivity index (χ3v) is 7.20. The van der Waals surface area contributed by atoms with E-state index in [2.05, 4.69) is 41.5 Å². The first kappa shape index (κ1) is 29.9. The average molecular weight is 427 g/mol. The lowest BCUT2D eigenvalue weighted by atomic mass is 10.1. The van der Waals surface area contributed by atoms with Crippen LogP contribution in [-0.2, 0) is 0 Å². The van der Waals surface area contributed by atoms with E-state index in [0.29, 0.717) is 0 Å². The largest absolute Gasteiger partial charge is 0.324 e. The summed E-state index contributed by atoms with van der Waals surface area (Å²) >= 11 is 0. The van der Waals surface area contributed by atoms with Gasteiger partial charge in [0.05, 0.1) is 52.4 Å². The molecular weight excluding hydrogens is 364 g/mol. The van der Waals surface area contributed by atoms with E-state index in [4.69, 9.17) is 0 Å². The lowest BCUT2D eigenvalue weighted by Gasteiger charge is -2.38. The molecule has 0 unspecified atom stereocenters. The Kier molecular flexibility index (Phi) is 19.5. The normalized spacial score (nSPS) is 12.6. The van der Waals surface area contributed by atoms with Gasteiger partial charge in [-0.1, -0.05) is 67.2 Å². The topological polar surface area (TPSA) is 0 Å². The summed E-state index contributed by atoms with van der Waals surface area (Å²) in [6.45, 7) is 25.5. The van der Waals surface area contributed by atoms with E-state index in [1.165, 1.54) is 151 Å². The predicted molar refractivity (Wildman–Crippen MR) is 138 cm³/mol. The van der Waals surface area contributed by atoms with Crippen molar-refractivity contribution in [3.05, 3.63) is 0 Å². The summed E-state index contributed by atoms with van der Waals surface area (Å²) in [6.07, 6.45) is 19.7. The smallest absolute Gasteiger partial charge is 0.0786 e. The van der Waals surface area contributed by atoms with Crippen LogP contribution >= 0.6 is 0 Å². The molecule has 0 aliphatic heterocycles. The van der Waals surface area contributed by atoms with Gasteiger partial charge in [0.2, 0.25) is 0 Å². The molecule has 0 N–H and O–H groups in total. The van der Waals surface area contributed by atoms with Gasteiger partial charge in [0.25, 0.3) is 0 Å². The van der Waals surface area contributed by atoms with Crippen LogP contribution in [0.2, 0.25) is 0 Å². The molecule has 0 aromatic carbocycles. The molecule has 30 heavy (non-hydrogen) atoms. The van der Waals surface area contributed by atoms with Gasteiger partial charge in [-0.15, -0.1) is 0 Å². The zero-order valence-electron chi connectivity index (χ0n) is 22.5. The van der Waals surface area contributed by atoms with Crippen molar-refractivity contribution < 1.29 is 8.97 Å². The summed E-state index contributed by atoms with van der Waals surface area (Å²) in [7, 11) is 0. The first-order valence-corrected chi connectivity index (χ1v) is 14.3. The Labute approximate surface area is 193 Å². The van der Waals surface area contributed by atoms with Gasteiger partial charge in [0, 0.05) is 0 Å². The van der Waals surface area contributed by atoms with Crippen LogP contribution in [-0.4, -0.2) is 61.3 Å². The van der Waals surface area contributed by atoms with Gasteiger partial charge >= 0.3 is 0 Å². The van der Waals surface area contributed by atoms with Crippen molar-refractivity contribution >= 4 is 0 Å². The van der Waals surface area contributed by atoms with Crippen LogP contribution in [0, 0.1) is 0 Å². The summed E-state index contributed by atoms with van der Waals surface area (Å²) in [5, 5.41) is 0. The first-order valence-electron chi connectivity index (χ1n) is 14.3. The highest BCUT2D eigenvalue weighted by Crippen LogP contribution is 2.17. The molecule has 0 aromatic rings. The van der Waals surface area contributed by atoms with Crippen LogP contribution in [0.25, 0.3) is 0 Å². The lowest BCUT2D eigenvalue weighted by molar-refractivity contribution is -0.928. The maximum absolute atomic E-state index is 2.37. The highest BCUT2D eigenvalue weighted by Gasteiger charge is 2.24. The van der Waals surface area contributed by atoms with Crippen molar-refractivity contribution in [3.8, 4) is 0 Å². The van der Waals surface area contributed by atoms with Crippen molar-refractivity contribution in [1.82, 2.24) is 0 Å². The zero-order chi connectivity index (χ0) is 22.6. The minimum atomic E-state index is 1.34. The molecule has 0 bridgehead atoms. The van der Waals surface area contributed by atoms with Crippen molar-refractivity contribution in [2.75, 3.05) is 52.4 Å². The maximum Gasteiger partial charge on any atom is 0.0786 e. The second-order valence-corrected chi connectivity index (χ2v) is 10.3. The fraction of sp³-hybridized carbons (Fsp3) is 1.00. The number of rotatable bonds is 23. The molecule has 0 radical (unpaired) electrons. The Morgan fingerprint density at radius 1 is 0.267 bits per heavy atom. The van der Waals surface area contributed by atoms with E-state index in [-0.39, 0.29) is 0 Å². The molecule has 0 fully saturated rings. The van der Waals surface area contributed by atoms with Crippen LogP contribution in [0.15, 0.2) is 0 Å². The quantitative estimate of drug-likeness (QED) is 0.114. The summed E-state index contributed by atoms with van der Waals surface area (Å²) < 4.78 is 2.80. The molecule has 0 atom stereocenters. The SMILES string of the molecule is CCC[N+](CCC)(CCC)CCCCCCCCCC[N+](CCC)(CCC)CCC. The van der Waals surface area contributed by atoms with E-state index in [9.17, 15) is 0 Å². The molecule has 0 aliphatic rings. The standard InChI is InChI=1S/C28H62N2/c1-7-21-29(22-8-2,23-9-3)27-19-17-15-13-14-16-18-20-28-30(24-10-4,25-11-5)26-12-6/h7-28H2,1-6H3/q+2. The van der Waals surface area contributed by atoms with E-state index in [1.54, 1.807) is 0 Å². The van der Waals surface area contributed by atoms with Gasteiger partial charge in [0.15, 0.2) is 0 Å². The van der Waals surface area contributed by atoms with Crippen LogP contribution in [0.5, 0.6) is 0 Å². The number of hydrogen-bond donors (Lipinski definition) is 0. The van der Waals surface area contributed by atoms with E-state index >= 15 is 0 Å². The number of hydrogen-bond acceptors (Lipinski definition) is 0. The molecule has 0 aliphatic carbocycles. The first-order chi connectivity index (χ1) is 14.6. The Morgan fingerprint density at radius 2 is 0.467 bits per heavy atom. The minimum absolute atomic E-state index is 1.34. The fourth-order valence-electron chi connectivity index (χ4n) is 6.14. The van der Waals surface area contributed by atoms with Gasteiger partial charge in [-0.3, -0.25) is 0 Å². The molecule has 0 saturated heterocycles. The van der Waals surface area contributed by atoms with Gasteiger partial charge in [-0.25, -0.2) is 0 Å². The van der Waals surface area contributed by atoms with Crippen molar-refractivity contribution in [3.63, 3.8) is 0 Å². The maximum atomic E-state index is 2.37. The Bertz CT molecular complexity index is 285. The second-order valence-electron chi connectivity index (χ2n) is 10.3. The predicted octanol–water partition coefficient (Wildman–Crippen LogP) is 8.20. The molecule has 0 rings (SSSR count). The van der Waals surface area contributed by atoms with E-state index in [0.717, 1.165) is 0 Å². The van der Waals surface area contributed by atoms with Crippen LogP contribution in [0.4, 0.5) is 0 Å². The monoisotopic (exact) mass is 426 g/mol. The number of unbranched alkanes of at least 4 members (excludes halogenated alkanes) is 7. The molecule has 0 amide bonds. The molecule has 0 spiro atoms. The van der Waals surface area contributed by atoms with E-state index < -0.39 is 0 Å². The van der Waals surface area contributed by atoms with Gasteiger partial charge in [-0.2, -0.15) is 0 Å². The summed E-state index contributed by atoms with van der Waals surface area (Å²) in [5.74, 6) is 0. The summed E-state index contributed by atoms with van der Waals surface area (Å²) in [4.78, 5) is 0. The molecule has 0 heterocycles. The Morgan fingerprint density at radius 3 is 0.667 bits per heavy atom. The molecule has 0 aromatic heterocycles. The fourth-order valence-corrected chi connectivity index (χ4v) is 6.14. The second kappa shape index (κ2) is 19.6. The lowest BCUT2D eigenvalue weighted by Crippen LogP contribution is -2.50.